The molecule has 1 aromatic heterocycles. The molecule has 0 N–H and O–H groups in total. The summed E-state index contributed by atoms with van der Waals surface area (Å²) >= 11 is 0. The molecule has 0 aliphatic rings. The molecule has 0 spiro atoms. The Bertz CT molecular complexity index is 509. The second kappa shape index (κ2) is 3.47. The Hall–Kier alpha value is -1.88. The third-order valence-corrected chi connectivity index (χ3v) is 2.36. The maximum Gasteiger partial charge on any atom is 0.148 e. The Morgan fingerprint density at radius 1 is 1.29 bits per heavy atom. The van der Waals surface area contributed by atoms with Gasteiger partial charge in [0.05, 0.1) is 0 Å². The number of nitriles is 1. The fourth-order valence-electron chi connectivity index (χ4n) is 1.62. The Labute approximate surface area is 82.8 Å². The second-order valence-electron chi connectivity index (χ2n) is 3.14. The molecule has 14 heavy (non-hydrogen) atoms. The van der Waals surface area contributed by atoms with Crippen LogP contribution in [0.4, 0.5) is 0 Å². The van der Waals surface area contributed by atoms with E-state index in [0.717, 1.165) is 17.2 Å². The maximum absolute atomic E-state index is 8.89. The Morgan fingerprint density at radius 3 is 2.64 bits per heavy atom. The zero-order chi connectivity index (χ0) is 9.97. The summed E-state index contributed by atoms with van der Waals surface area (Å²) in [6.07, 6.45) is 2.74. The van der Waals surface area contributed by atoms with Gasteiger partial charge in [0.15, 0.2) is 0 Å². The molecule has 1 heterocycles. The van der Waals surface area contributed by atoms with E-state index in [9.17, 15) is 0 Å². The third kappa shape index (κ3) is 1.23. The lowest BCUT2D eigenvalue weighted by Crippen LogP contribution is -1.90. The number of benzene rings is 1. The van der Waals surface area contributed by atoms with E-state index in [1.807, 2.05) is 24.3 Å². The lowest BCUT2D eigenvalue weighted by atomic mass is 10.0. The zero-order valence-corrected chi connectivity index (χ0v) is 7.99. The van der Waals surface area contributed by atoms with Gasteiger partial charge >= 0.3 is 0 Å². The van der Waals surface area contributed by atoms with Crippen molar-refractivity contribution in [1.82, 2.24) is 4.98 Å². The predicted molar refractivity (Wildman–Crippen MR) is 55.8 cm³/mol. The molecule has 0 radical (unpaired) electrons. The SMILES string of the molecule is CCc1cnc(C#N)c2ccccc12. The molecule has 0 aliphatic heterocycles. The molecule has 0 fully saturated rings. The van der Waals surface area contributed by atoms with Gasteiger partial charge in [0.2, 0.25) is 0 Å². The first-order valence-corrected chi connectivity index (χ1v) is 4.63. The molecule has 0 saturated carbocycles. The molecule has 2 rings (SSSR count). The highest BCUT2D eigenvalue weighted by Crippen LogP contribution is 2.20. The molecule has 2 aromatic rings. The summed E-state index contributed by atoms with van der Waals surface area (Å²) in [5.41, 5.74) is 1.71. The number of hydrogen-bond acceptors (Lipinski definition) is 2. The third-order valence-electron chi connectivity index (χ3n) is 2.36. The van der Waals surface area contributed by atoms with Crippen molar-refractivity contribution in [2.45, 2.75) is 13.3 Å². The van der Waals surface area contributed by atoms with Gasteiger partial charge in [0.25, 0.3) is 0 Å². The lowest BCUT2D eigenvalue weighted by Gasteiger charge is -2.03. The lowest BCUT2D eigenvalue weighted by molar-refractivity contribution is 1.12. The first-order chi connectivity index (χ1) is 6.86. The van der Waals surface area contributed by atoms with Gasteiger partial charge in [-0.25, -0.2) is 4.98 Å². The molecule has 68 valence electrons. The van der Waals surface area contributed by atoms with Crippen molar-refractivity contribution in [2.75, 3.05) is 0 Å². The van der Waals surface area contributed by atoms with Gasteiger partial charge in [-0.2, -0.15) is 5.26 Å². The molecular formula is C12H10N2. The van der Waals surface area contributed by atoms with E-state index in [-0.39, 0.29) is 0 Å². The standard InChI is InChI=1S/C12H10N2/c1-2-9-8-14-12(7-13)11-6-4-3-5-10(9)11/h3-6,8H,2H2,1H3. The van der Waals surface area contributed by atoms with Crippen LogP contribution in [0.15, 0.2) is 30.5 Å². The molecule has 0 atom stereocenters. The van der Waals surface area contributed by atoms with Crippen LogP contribution in [0.25, 0.3) is 10.8 Å². The minimum atomic E-state index is 0.512. The number of aromatic nitrogens is 1. The van der Waals surface area contributed by atoms with Crippen LogP contribution in [-0.4, -0.2) is 4.98 Å². The first kappa shape index (κ1) is 8.71. The average molecular weight is 182 g/mol. The topological polar surface area (TPSA) is 36.7 Å². The van der Waals surface area contributed by atoms with Crippen LogP contribution in [0.1, 0.15) is 18.2 Å². The summed E-state index contributed by atoms with van der Waals surface area (Å²) in [5, 5.41) is 11.0. The van der Waals surface area contributed by atoms with Crippen LogP contribution in [0.3, 0.4) is 0 Å². The molecule has 0 bridgehead atoms. The number of pyridine rings is 1. The van der Waals surface area contributed by atoms with Crippen molar-refractivity contribution in [2.24, 2.45) is 0 Å². The predicted octanol–water partition coefficient (Wildman–Crippen LogP) is 2.67. The van der Waals surface area contributed by atoms with E-state index in [1.54, 1.807) is 6.20 Å². The monoisotopic (exact) mass is 182 g/mol. The molecule has 2 nitrogen and oxygen atoms in total. The van der Waals surface area contributed by atoms with Crippen LogP contribution in [0.5, 0.6) is 0 Å². The summed E-state index contributed by atoms with van der Waals surface area (Å²) in [6, 6.07) is 10.0. The average Bonchev–Trinajstić information content (AvgIpc) is 2.27. The molecule has 0 amide bonds. The fourth-order valence-corrected chi connectivity index (χ4v) is 1.62. The van der Waals surface area contributed by atoms with Crippen molar-refractivity contribution in [3.8, 4) is 6.07 Å². The summed E-state index contributed by atoms with van der Waals surface area (Å²) in [7, 11) is 0. The van der Waals surface area contributed by atoms with Gasteiger partial charge in [0, 0.05) is 11.6 Å². The molecule has 2 heteroatoms. The van der Waals surface area contributed by atoms with E-state index in [1.165, 1.54) is 5.56 Å². The molecule has 0 aliphatic carbocycles. The Balaban J connectivity index is 2.87. The van der Waals surface area contributed by atoms with E-state index >= 15 is 0 Å². The normalized spacial score (nSPS) is 10.0. The maximum atomic E-state index is 8.89. The molecular weight excluding hydrogens is 172 g/mol. The van der Waals surface area contributed by atoms with Crippen molar-refractivity contribution in [3.05, 3.63) is 41.7 Å². The molecule has 0 saturated heterocycles. The number of hydrogen-bond donors (Lipinski definition) is 0. The Morgan fingerprint density at radius 2 is 2.00 bits per heavy atom. The summed E-state index contributed by atoms with van der Waals surface area (Å²) in [5.74, 6) is 0. The Kier molecular flexibility index (Phi) is 2.16. The van der Waals surface area contributed by atoms with Crippen molar-refractivity contribution in [1.29, 1.82) is 5.26 Å². The number of aryl methyl sites for hydroxylation is 1. The van der Waals surface area contributed by atoms with Crippen LogP contribution >= 0.6 is 0 Å². The van der Waals surface area contributed by atoms with Crippen LogP contribution < -0.4 is 0 Å². The van der Waals surface area contributed by atoms with E-state index < -0.39 is 0 Å². The zero-order valence-electron chi connectivity index (χ0n) is 7.99. The fraction of sp³-hybridized carbons (Fsp3) is 0.167. The van der Waals surface area contributed by atoms with Crippen LogP contribution in [0.2, 0.25) is 0 Å². The van der Waals surface area contributed by atoms with Crippen molar-refractivity contribution >= 4 is 10.8 Å². The molecule has 0 unspecified atom stereocenters. The summed E-state index contributed by atoms with van der Waals surface area (Å²) in [6.45, 7) is 2.09. The van der Waals surface area contributed by atoms with Gasteiger partial charge in [0.1, 0.15) is 11.8 Å². The first-order valence-electron chi connectivity index (χ1n) is 4.63. The number of fused-ring (bicyclic) bond motifs is 1. The number of rotatable bonds is 1. The molecule has 1 aromatic carbocycles. The highest BCUT2D eigenvalue weighted by molar-refractivity contribution is 5.88. The van der Waals surface area contributed by atoms with Gasteiger partial charge < -0.3 is 0 Å². The van der Waals surface area contributed by atoms with Gasteiger partial charge in [-0.3, -0.25) is 0 Å². The van der Waals surface area contributed by atoms with Crippen LogP contribution in [0, 0.1) is 11.3 Å². The highest BCUT2D eigenvalue weighted by atomic mass is 14.7. The van der Waals surface area contributed by atoms with Crippen LogP contribution in [-0.2, 0) is 6.42 Å². The minimum absolute atomic E-state index is 0.512. The van der Waals surface area contributed by atoms with Gasteiger partial charge in [-0.15, -0.1) is 0 Å². The summed E-state index contributed by atoms with van der Waals surface area (Å²) in [4.78, 5) is 4.14. The van der Waals surface area contributed by atoms with Crippen molar-refractivity contribution < 1.29 is 0 Å². The van der Waals surface area contributed by atoms with Gasteiger partial charge in [-0.05, 0) is 17.4 Å². The summed E-state index contributed by atoms with van der Waals surface area (Å²) < 4.78 is 0. The van der Waals surface area contributed by atoms with Crippen molar-refractivity contribution in [3.63, 3.8) is 0 Å². The quantitative estimate of drug-likeness (QED) is 0.679. The van der Waals surface area contributed by atoms with Gasteiger partial charge in [-0.1, -0.05) is 31.2 Å². The smallest absolute Gasteiger partial charge is 0.148 e. The second-order valence-corrected chi connectivity index (χ2v) is 3.14. The largest absolute Gasteiger partial charge is 0.245 e. The van der Waals surface area contributed by atoms with E-state index in [0.29, 0.717) is 5.69 Å². The highest BCUT2D eigenvalue weighted by Gasteiger charge is 2.04. The van der Waals surface area contributed by atoms with E-state index in [2.05, 4.69) is 18.0 Å². The minimum Gasteiger partial charge on any atom is -0.245 e. The van der Waals surface area contributed by atoms with E-state index in [4.69, 9.17) is 5.26 Å². The number of nitrogens with zero attached hydrogens (tertiary/aromatic N) is 2.